The standard InChI is InChI=1S/C16H21N3O/c1-19(14-7-3-5-12(14)10-17)16(20)13-6-2-4-11-8-9-18-15(11)13/h2,4,6,8-9,12,14,18H,3,5,7,10,17H2,1H3. The monoisotopic (exact) mass is 271 g/mol. The maximum atomic E-state index is 12.8. The molecule has 1 aromatic heterocycles. The molecule has 1 aliphatic carbocycles. The lowest BCUT2D eigenvalue weighted by molar-refractivity contribution is 0.0701. The van der Waals surface area contributed by atoms with E-state index in [0.29, 0.717) is 12.5 Å². The molecule has 106 valence electrons. The number of nitrogens with one attached hydrogen (secondary N) is 1. The molecule has 1 amide bonds. The van der Waals surface area contributed by atoms with Gasteiger partial charge in [0.05, 0.1) is 11.1 Å². The fourth-order valence-electron chi connectivity index (χ4n) is 3.41. The molecule has 1 aromatic carbocycles. The number of rotatable bonds is 3. The lowest BCUT2D eigenvalue weighted by Crippen LogP contribution is -2.41. The normalized spacial score (nSPS) is 22.3. The molecule has 4 nitrogen and oxygen atoms in total. The van der Waals surface area contributed by atoms with E-state index in [9.17, 15) is 4.79 Å². The minimum atomic E-state index is 0.0865. The number of benzene rings is 1. The molecule has 3 rings (SSSR count). The Kier molecular flexibility index (Phi) is 3.49. The van der Waals surface area contributed by atoms with Crippen molar-refractivity contribution >= 4 is 16.8 Å². The lowest BCUT2D eigenvalue weighted by Gasteiger charge is -2.29. The van der Waals surface area contributed by atoms with Crippen molar-refractivity contribution in [3.05, 3.63) is 36.0 Å². The minimum Gasteiger partial charge on any atom is -0.361 e. The third-order valence-corrected chi connectivity index (χ3v) is 4.56. The summed E-state index contributed by atoms with van der Waals surface area (Å²) in [6.45, 7) is 0.662. The quantitative estimate of drug-likeness (QED) is 0.900. The Balaban J connectivity index is 1.90. The summed E-state index contributed by atoms with van der Waals surface area (Å²) in [5.74, 6) is 0.523. The number of aromatic nitrogens is 1. The molecule has 0 saturated heterocycles. The molecular weight excluding hydrogens is 250 g/mol. The largest absolute Gasteiger partial charge is 0.361 e. The van der Waals surface area contributed by atoms with Crippen LogP contribution in [0.4, 0.5) is 0 Å². The van der Waals surface area contributed by atoms with Crippen LogP contribution in [0.1, 0.15) is 29.6 Å². The summed E-state index contributed by atoms with van der Waals surface area (Å²) in [7, 11) is 1.91. The van der Waals surface area contributed by atoms with Crippen molar-refractivity contribution in [3.63, 3.8) is 0 Å². The fourth-order valence-corrected chi connectivity index (χ4v) is 3.41. The Morgan fingerprint density at radius 2 is 2.25 bits per heavy atom. The fraction of sp³-hybridized carbons (Fsp3) is 0.438. The number of H-pyrrole nitrogens is 1. The van der Waals surface area contributed by atoms with Crippen LogP contribution in [0, 0.1) is 5.92 Å². The second kappa shape index (κ2) is 5.29. The number of amides is 1. The van der Waals surface area contributed by atoms with Crippen LogP contribution in [0.3, 0.4) is 0 Å². The van der Waals surface area contributed by atoms with Crippen molar-refractivity contribution in [1.29, 1.82) is 0 Å². The summed E-state index contributed by atoms with van der Waals surface area (Å²) in [6.07, 6.45) is 5.23. The average Bonchev–Trinajstić information content (AvgIpc) is 3.13. The lowest BCUT2D eigenvalue weighted by atomic mass is 10.0. The highest BCUT2D eigenvalue weighted by Crippen LogP contribution is 2.30. The summed E-state index contributed by atoms with van der Waals surface area (Å²) in [6, 6.07) is 8.11. The van der Waals surface area contributed by atoms with Crippen LogP contribution in [0.15, 0.2) is 30.5 Å². The van der Waals surface area contributed by atoms with Gasteiger partial charge in [0.25, 0.3) is 5.91 Å². The topological polar surface area (TPSA) is 62.1 Å². The van der Waals surface area contributed by atoms with E-state index in [4.69, 9.17) is 5.73 Å². The number of nitrogens with two attached hydrogens (primary N) is 1. The Labute approximate surface area is 118 Å². The molecule has 0 bridgehead atoms. The van der Waals surface area contributed by atoms with Gasteiger partial charge in [-0.1, -0.05) is 18.6 Å². The van der Waals surface area contributed by atoms with Crippen LogP contribution in [0.5, 0.6) is 0 Å². The molecule has 20 heavy (non-hydrogen) atoms. The summed E-state index contributed by atoms with van der Waals surface area (Å²) >= 11 is 0. The maximum Gasteiger partial charge on any atom is 0.255 e. The van der Waals surface area contributed by atoms with Gasteiger partial charge in [-0.2, -0.15) is 0 Å². The summed E-state index contributed by atoms with van der Waals surface area (Å²) in [5.41, 5.74) is 7.50. The van der Waals surface area contributed by atoms with E-state index in [1.54, 1.807) is 0 Å². The Morgan fingerprint density at radius 1 is 1.40 bits per heavy atom. The van der Waals surface area contributed by atoms with Crippen molar-refractivity contribution in [1.82, 2.24) is 9.88 Å². The second-order valence-electron chi connectivity index (χ2n) is 5.66. The predicted molar refractivity (Wildman–Crippen MR) is 80.6 cm³/mol. The first-order chi connectivity index (χ1) is 9.72. The molecule has 3 N–H and O–H groups in total. The van der Waals surface area contributed by atoms with Crippen LogP contribution in [-0.4, -0.2) is 35.4 Å². The first-order valence-electron chi connectivity index (χ1n) is 7.25. The molecule has 0 radical (unpaired) electrons. The molecule has 0 spiro atoms. The highest BCUT2D eigenvalue weighted by molar-refractivity contribution is 6.05. The van der Waals surface area contributed by atoms with Gasteiger partial charge >= 0.3 is 0 Å². The van der Waals surface area contributed by atoms with Crippen molar-refractivity contribution in [3.8, 4) is 0 Å². The van der Waals surface area contributed by atoms with Gasteiger partial charge in [-0.15, -0.1) is 0 Å². The summed E-state index contributed by atoms with van der Waals surface area (Å²) in [4.78, 5) is 17.8. The van der Waals surface area contributed by atoms with E-state index in [2.05, 4.69) is 4.98 Å². The van der Waals surface area contributed by atoms with E-state index in [0.717, 1.165) is 35.7 Å². The Morgan fingerprint density at radius 3 is 3.05 bits per heavy atom. The van der Waals surface area contributed by atoms with Gasteiger partial charge in [-0.05, 0) is 37.4 Å². The van der Waals surface area contributed by atoms with Gasteiger partial charge in [0.15, 0.2) is 0 Å². The van der Waals surface area contributed by atoms with E-state index in [1.165, 1.54) is 0 Å². The number of aromatic amines is 1. The number of fused-ring (bicyclic) bond motifs is 1. The highest BCUT2D eigenvalue weighted by Gasteiger charge is 2.32. The van der Waals surface area contributed by atoms with Gasteiger partial charge in [0.2, 0.25) is 0 Å². The Hall–Kier alpha value is -1.81. The van der Waals surface area contributed by atoms with Crippen LogP contribution in [0.25, 0.3) is 10.9 Å². The highest BCUT2D eigenvalue weighted by atomic mass is 16.2. The van der Waals surface area contributed by atoms with Crippen molar-refractivity contribution in [2.75, 3.05) is 13.6 Å². The number of nitrogens with zero attached hydrogens (tertiary/aromatic N) is 1. The number of para-hydroxylation sites is 1. The molecule has 4 heteroatoms. The molecule has 1 fully saturated rings. The predicted octanol–water partition coefficient (Wildman–Crippen LogP) is 2.37. The first-order valence-corrected chi connectivity index (χ1v) is 7.25. The smallest absolute Gasteiger partial charge is 0.255 e. The van der Waals surface area contributed by atoms with Gasteiger partial charge in [-0.3, -0.25) is 4.79 Å². The Bertz CT molecular complexity index is 619. The molecule has 0 aliphatic heterocycles. The number of hydrogen-bond acceptors (Lipinski definition) is 2. The average molecular weight is 271 g/mol. The maximum absolute atomic E-state index is 12.8. The van der Waals surface area contributed by atoms with Crippen LogP contribution >= 0.6 is 0 Å². The van der Waals surface area contributed by atoms with Crippen molar-refractivity contribution in [2.45, 2.75) is 25.3 Å². The third kappa shape index (κ3) is 2.10. The van der Waals surface area contributed by atoms with Gasteiger partial charge in [0, 0.05) is 24.7 Å². The molecule has 2 aromatic rings. The summed E-state index contributed by atoms with van der Waals surface area (Å²) < 4.78 is 0. The molecule has 1 saturated carbocycles. The van der Waals surface area contributed by atoms with Gasteiger partial charge in [-0.25, -0.2) is 0 Å². The van der Waals surface area contributed by atoms with Crippen LogP contribution in [-0.2, 0) is 0 Å². The van der Waals surface area contributed by atoms with Crippen LogP contribution < -0.4 is 5.73 Å². The van der Waals surface area contributed by atoms with E-state index in [-0.39, 0.29) is 11.9 Å². The SMILES string of the molecule is CN(C(=O)c1cccc2cc[nH]c12)C1CCCC1CN. The van der Waals surface area contributed by atoms with E-state index in [1.807, 2.05) is 42.4 Å². The van der Waals surface area contributed by atoms with E-state index >= 15 is 0 Å². The summed E-state index contributed by atoms with van der Waals surface area (Å²) in [5, 5.41) is 1.08. The molecule has 2 unspecified atom stereocenters. The number of carbonyl (C=O) groups excluding carboxylic acids is 1. The van der Waals surface area contributed by atoms with Gasteiger partial charge in [0.1, 0.15) is 0 Å². The zero-order chi connectivity index (χ0) is 14.1. The number of carbonyl (C=O) groups is 1. The van der Waals surface area contributed by atoms with Crippen LogP contribution in [0.2, 0.25) is 0 Å². The van der Waals surface area contributed by atoms with E-state index < -0.39 is 0 Å². The molecular formula is C16H21N3O. The first kappa shape index (κ1) is 13.2. The molecule has 1 aliphatic rings. The second-order valence-corrected chi connectivity index (χ2v) is 5.66. The number of hydrogen-bond donors (Lipinski definition) is 2. The zero-order valence-electron chi connectivity index (χ0n) is 11.8. The molecule has 1 heterocycles. The minimum absolute atomic E-state index is 0.0865. The van der Waals surface area contributed by atoms with Gasteiger partial charge < -0.3 is 15.6 Å². The van der Waals surface area contributed by atoms with Crippen molar-refractivity contribution in [2.24, 2.45) is 11.7 Å². The molecule has 2 atom stereocenters. The third-order valence-electron chi connectivity index (χ3n) is 4.56. The van der Waals surface area contributed by atoms with Crippen molar-refractivity contribution < 1.29 is 4.79 Å². The zero-order valence-corrected chi connectivity index (χ0v) is 11.8.